The first kappa shape index (κ1) is 19.7. The Balaban J connectivity index is 1.48. The summed E-state index contributed by atoms with van der Waals surface area (Å²) >= 11 is 6.09. The van der Waals surface area contributed by atoms with Gasteiger partial charge in [0.15, 0.2) is 11.5 Å². The fourth-order valence-corrected chi connectivity index (χ4v) is 4.07. The van der Waals surface area contributed by atoms with Crippen molar-refractivity contribution in [2.75, 3.05) is 17.0 Å². The Morgan fingerprint density at radius 2 is 2.00 bits per heavy atom. The first-order valence-corrected chi connectivity index (χ1v) is 10.7. The van der Waals surface area contributed by atoms with Crippen LogP contribution in [0.1, 0.15) is 30.7 Å². The molecule has 0 radical (unpaired) electrons. The maximum absolute atomic E-state index is 13.4. The second-order valence-electron chi connectivity index (χ2n) is 7.59. The number of nitrogens with one attached hydrogen (secondary N) is 1. The van der Waals surface area contributed by atoms with E-state index >= 15 is 0 Å². The number of fused-ring (bicyclic) bond motifs is 2. The van der Waals surface area contributed by atoms with Crippen LogP contribution in [0.25, 0.3) is 0 Å². The molecule has 2 aromatic carbocycles. The van der Waals surface area contributed by atoms with Gasteiger partial charge in [0.25, 0.3) is 0 Å². The Kier molecular flexibility index (Phi) is 5.38. The lowest BCUT2D eigenvalue weighted by Gasteiger charge is -2.23. The van der Waals surface area contributed by atoms with Gasteiger partial charge in [-0.1, -0.05) is 30.2 Å². The second kappa shape index (κ2) is 8.47. The number of amides is 2. The summed E-state index contributed by atoms with van der Waals surface area (Å²) in [6, 6.07) is 12.4. The molecule has 2 aliphatic heterocycles. The molecule has 0 saturated carbocycles. The van der Waals surface area contributed by atoms with Crippen molar-refractivity contribution >= 4 is 29.3 Å². The number of hydrogen-bond donors (Lipinski definition) is 1. The monoisotopic (exact) mass is 439 g/mol. The highest BCUT2D eigenvalue weighted by Crippen LogP contribution is 2.33. The lowest BCUT2D eigenvalue weighted by molar-refractivity contribution is 0.174. The molecule has 5 rings (SSSR count). The summed E-state index contributed by atoms with van der Waals surface area (Å²) in [6.45, 7) is 1.30. The second-order valence-corrected chi connectivity index (χ2v) is 8.03. The van der Waals surface area contributed by atoms with E-state index in [1.54, 1.807) is 29.2 Å². The number of aromatic nitrogens is 3. The summed E-state index contributed by atoms with van der Waals surface area (Å²) < 4.78 is 13.0. The fraction of sp³-hybridized carbons (Fsp3) is 0.318. The van der Waals surface area contributed by atoms with E-state index in [1.807, 2.05) is 18.2 Å². The van der Waals surface area contributed by atoms with Crippen molar-refractivity contribution < 1.29 is 14.3 Å². The number of benzene rings is 2. The lowest BCUT2D eigenvalue weighted by atomic mass is 10.2. The molecule has 31 heavy (non-hydrogen) atoms. The van der Waals surface area contributed by atoms with Crippen LogP contribution in [-0.4, -0.2) is 27.6 Å². The average molecular weight is 440 g/mol. The van der Waals surface area contributed by atoms with E-state index in [0.717, 1.165) is 43.6 Å². The van der Waals surface area contributed by atoms with Gasteiger partial charge in [-0.2, -0.15) is 0 Å². The number of nitrogens with zero attached hydrogens (tertiary/aromatic N) is 4. The maximum atomic E-state index is 13.4. The van der Waals surface area contributed by atoms with E-state index in [9.17, 15) is 4.79 Å². The maximum Gasteiger partial charge on any atom is 0.329 e. The Labute approximate surface area is 184 Å². The standard InChI is InChI=1S/C22H22ClN5O3/c23-16-5-4-6-17(12-16)24-22(29)28(13-15-8-9-18-19(11-15)31-14-30-18)21-26-25-20-7-2-1-3-10-27(20)21/h4-6,8-9,11-12H,1-3,7,10,13-14H2,(H,24,29). The third-order valence-electron chi connectivity index (χ3n) is 5.43. The van der Waals surface area contributed by atoms with Gasteiger partial charge in [-0.05, 0) is 48.7 Å². The molecule has 1 aromatic heterocycles. The van der Waals surface area contributed by atoms with Gasteiger partial charge in [0.2, 0.25) is 12.7 Å². The van der Waals surface area contributed by atoms with Gasteiger partial charge in [-0.3, -0.25) is 9.47 Å². The average Bonchev–Trinajstić information content (AvgIpc) is 3.32. The van der Waals surface area contributed by atoms with E-state index < -0.39 is 0 Å². The zero-order valence-electron chi connectivity index (χ0n) is 16.9. The summed E-state index contributed by atoms with van der Waals surface area (Å²) in [5.41, 5.74) is 1.51. The van der Waals surface area contributed by atoms with Crippen molar-refractivity contribution in [2.45, 2.75) is 38.8 Å². The molecule has 0 unspecified atom stereocenters. The van der Waals surface area contributed by atoms with Gasteiger partial charge < -0.3 is 14.8 Å². The van der Waals surface area contributed by atoms with Crippen molar-refractivity contribution in [3.05, 3.63) is 58.9 Å². The molecule has 3 heterocycles. The van der Waals surface area contributed by atoms with Crippen LogP contribution in [0.2, 0.25) is 5.02 Å². The van der Waals surface area contributed by atoms with Gasteiger partial charge in [0, 0.05) is 23.7 Å². The molecular weight excluding hydrogens is 418 g/mol. The van der Waals surface area contributed by atoms with Crippen LogP contribution < -0.4 is 19.7 Å². The third-order valence-corrected chi connectivity index (χ3v) is 5.67. The number of urea groups is 1. The first-order chi connectivity index (χ1) is 15.2. The van der Waals surface area contributed by atoms with Crippen molar-refractivity contribution in [3.63, 3.8) is 0 Å². The van der Waals surface area contributed by atoms with E-state index in [2.05, 4.69) is 20.1 Å². The Bertz CT molecular complexity index is 1120. The van der Waals surface area contributed by atoms with Crippen molar-refractivity contribution in [2.24, 2.45) is 0 Å². The molecule has 0 aliphatic carbocycles. The van der Waals surface area contributed by atoms with Gasteiger partial charge >= 0.3 is 6.03 Å². The first-order valence-electron chi connectivity index (χ1n) is 10.3. The normalized spacial score (nSPS) is 14.6. The van der Waals surface area contributed by atoms with Crippen LogP contribution in [0, 0.1) is 0 Å². The summed E-state index contributed by atoms with van der Waals surface area (Å²) in [5, 5.41) is 12.2. The SMILES string of the molecule is O=C(Nc1cccc(Cl)c1)N(Cc1ccc2c(c1)OCO2)c1nnc2n1CCCCC2. The van der Waals surface area contributed by atoms with E-state index in [4.69, 9.17) is 21.1 Å². The number of ether oxygens (including phenoxy) is 2. The van der Waals surface area contributed by atoms with Crippen LogP contribution in [-0.2, 0) is 19.5 Å². The molecule has 0 spiro atoms. The predicted molar refractivity (Wildman–Crippen MR) is 117 cm³/mol. The van der Waals surface area contributed by atoms with E-state index in [0.29, 0.717) is 34.7 Å². The molecule has 0 saturated heterocycles. The summed E-state index contributed by atoms with van der Waals surface area (Å²) in [6.07, 6.45) is 4.11. The van der Waals surface area contributed by atoms with Gasteiger partial charge in [0.1, 0.15) is 5.82 Å². The van der Waals surface area contributed by atoms with Crippen molar-refractivity contribution in [3.8, 4) is 11.5 Å². The molecule has 0 bridgehead atoms. The van der Waals surface area contributed by atoms with Crippen LogP contribution in [0.5, 0.6) is 11.5 Å². The van der Waals surface area contributed by atoms with Crippen LogP contribution in [0.3, 0.4) is 0 Å². The lowest BCUT2D eigenvalue weighted by Crippen LogP contribution is -2.36. The molecule has 0 atom stereocenters. The zero-order chi connectivity index (χ0) is 21.2. The number of aryl methyl sites for hydroxylation is 1. The predicted octanol–water partition coefficient (Wildman–Crippen LogP) is 4.63. The van der Waals surface area contributed by atoms with Crippen LogP contribution >= 0.6 is 11.6 Å². The smallest absolute Gasteiger partial charge is 0.329 e. The molecular formula is C22H22ClN5O3. The summed E-state index contributed by atoms with van der Waals surface area (Å²) in [5.74, 6) is 2.83. The minimum atomic E-state index is -0.306. The number of anilines is 2. The number of rotatable bonds is 4. The summed E-state index contributed by atoms with van der Waals surface area (Å²) in [7, 11) is 0. The zero-order valence-corrected chi connectivity index (χ0v) is 17.6. The van der Waals surface area contributed by atoms with Gasteiger partial charge in [-0.25, -0.2) is 4.79 Å². The number of halogens is 1. The quantitative estimate of drug-likeness (QED) is 0.641. The molecule has 2 aliphatic rings. The van der Waals surface area contributed by atoms with Crippen LogP contribution in [0.4, 0.5) is 16.4 Å². The Morgan fingerprint density at radius 3 is 2.90 bits per heavy atom. The largest absolute Gasteiger partial charge is 0.454 e. The minimum Gasteiger partial charge on any atom is -0.454 e. The molecule has 0 fully saturated rings. The number of carbonyl (C=O) groups is 1. The van der Waals surface area contributed by atoms with Gasteiger partial charge in [0.05, 0.1) is 6.54 Å². The highest BCUT2D eigenvalue weighted by molar-refractivity contribution is 6.30. The van der Waals surface area contributed by atoms with Crippen molar-refractivity contribution in [1.82, 2.24) is 14.8 Å². The van der Waals surface area contributed by atoms with Gasteiger partial charge in [-0.15, -0.1) is 10.2 Å². The third kappa shape index (κ3) is 4.16. The minimum absolute atomic E-state index is 0.204. The molecule has 1 N–H and O–H groups in total. The topological polar surface area (TPSA) is 81.5 Å². The molecule has 160 valence electrons. The Hall–Kier alpha value is -3.26. The highest BCUT2D eigenvalue weighted by atomic mass is 35.5. The van der Waals surface area contributed by atoms with E-state index in [1.165, 1.54) is 0 Å². The van der Waals surface area contributed by atoms with Crippen LogP contribution in [0.15, 0.2) is 42.5 Å². The molecule has 9 heteroatoms. The molecule has 8 nitrogen and oxygen atoms in total. The fourth-order valence-electron chi connectivity index (χ4n) is 3.88. The summed E-state index contributed by atoms with van der Waals surface area (Å²) in [4.78, 5) is 15.0. The number of hydrogen-bond acceptors (Lipinski definition) is 5. The van der Waals surface area contributed by atoms with E-state index in [-0.39, 0.29) is 12.8 Å². The van der Waals surface area contributed by atoms with Crippen molar-refractivity contribution in [1.29, 1.82) is 0 Å². The highest BCUT2D eigenvalue weighted by Gasteiger charge is 2.26. The number of carbonyl (C=O) groups excluding carboxylic acids is 1. The molecule has 3 aromatic rings. The molecule has 2 amide bonds. The Morgan fingerprint density at radius 1 is 1.10 bits per heavy atom.